The first kappa shape index (κ1) is 25.7. The lowest BCUT2D eigenvalue weighted by Gasteiger charge is -2.14. The second-order valence-electron chi connectivity index (χ2n) is 8.08. The van der Waals surface area contributed by atoms with Crippen LogP contribution in [0.5, 0.6) is 11.5 Å². The van der Waals surface area contributed by atoms with Crippen LogP contribution in [0.15, 0.2) is 91.3 Å². The van der Waals surface area contributed by atoms with Gasteiger partial charge in [0.1, 0.15) is 12.2 Å². The van der Waals surface area contributed by atoms with Crippen molar-refractivity contribution in [3.63, 3.8) is 0 Å². The van der Waals surface area contributed by atoms with Crippen molar-refractivity contribution in [1.82, 2.24) is 5.43 Å². The number of halogens is 3. The summed E-state index contributed by atoms with van der Waals surface area (Å²) in [5.41, 5.74) is 4.96. The lowest BCUT2D eigenvalue weighted by atomic mass is 10.1. The fourth-order valence-electron chi connectivity index (χ4n) is 3.93. The molecule has 0 fully saturated rings. The number of fused-ring (bicyclic) bond motifs is 2. The lowest BCUT2D eigenvalue weighted by Crippen LogP contribution is -2.16. The monoisotopic (exact) mass is 732 g/mol. The number of methoxy groups -OCH3 is 1. The van der Waals surface area contributed by atoms with Gasteiger partial charge in [-0.25, -0.2) is 5.43 Å². The van der Waals surface area contributed by atoms with Crippen molar-refractivity contribution in [1.29, 1.82) is 0 Å². The summed E-state index contributed by atoms with van der Waals surface area (Å²) in [4.78, 5) is 12.6. The highest BCUT2D eigenvalue weighted by atomic mass is 127. The van der Waals surface area contributed by atoms with Crippen LogP contribution in [0.25, 0.3) is 21.7 Å². The van der Waals surface area contributed by atoms with E-state index in [0.717, 1.165) is 29.8 Å². The second kappa shape index (κ2) is 11.2. The van der Waals surface area contributed by atoms with E-state index in [9.17, 15) is 4.79 Å². The molecule has 5 rings (SSSR count). The minimum absolute atomic E-state index is 0.180. The molecule has 1 aromatic heterocycles. The van der Waals surface area contributed by atoms with Gasteiger partial charge in [0.2, 0.25) is 0 Å². The third kappa shape index (κ3) is 5.68. The quantitative estimate of drug-likeness (QED) is 0.104. The van der Waals surface area contributed by atoms with E-state index in [1.807, 2.05) is 42.5 Å². The minimum atomic E-state index is -0.444. The molecule has 0 aliphatic heterocycles. The van der Waals surface area contributed by atoms with E-state index in [1.54, 1.807) is 19.2 Å². The summed E-state index contributed by atoms with van der Waals surface area (Å²) in [5.74, 6) is 0.860. The third-order valence-electron chi connectivity index (χ3n) is 5.64. The van der Waals surface area contributed by atoms with Gasteiger partial charge in [-0.1, -0.05) is 58.4 Å². The summed E-state index contributed by atoms with van der Waals surface area (Å²) in [6.45, 7) is 0.382. The number of furan rings is 1. The Morgan fingerprint density at radius 1 is 1.05 bits per heavy atom. The Bertz CT molecular complexity index is 1660. The SMILES string of the molecule is COc1cc(/C=N/NC(=O)c2cc3cc(Br)cc(I)c3o2)cc(Br)c1OCc1cccc2ccccc12. The maximum absolute atomic E-state index is 12.6. The molecule has 37 heavy (non-hydrogen) atoms. The summed E-state index contributed by atoms with van der Waals surface area (Å²) in [5, 5.41) is 7.23. The van der Waals surface area contributed by atoms with Gasteiger partial charge in [0, 0.05) is 9.86 Å². The zero-order valence-electron chi connectivity index (χ0n) is 19.4. The van der Waals surface area contributed by atoms with Crippen LogP contribution < -0.4 is 14.9 Å². The van der Waals surface area contributed by atoms with Gasteiger partial charge in [-0.15, -0.1) is 0 Å². The zero-order valence-corrected chi connectivity index (χ0v) is 24.8. The summed E-state index contributed by atoms with van der Waals surface area (Å²) >= 11 is 9.21. The molecule has 1 heterocycles. The number of hydrogen-bond donors (Lipinski definition) is 1. The molecule has 5 aromatic rings. The number of hydrazone groups is 1. The highest BCUT2D eigenvalue weighted by Crippen LogP contribution is 2.37. The van der Waals surface area contributed by atoms with Crippen molar-refractivity contribution < 1.29 is 18.7 Å². The Hall–Kier alpha value is -2.89. The number of nitrogens with one attached hydrogen (secondary N) is 1. The largest absolute Gasteiger partial charge is 0.493 e. The van der Waals surface area contributed by atoms with Crippen molar-refractivity contribution in [2.75, 3.05) is 7.11 Å². The first-order chi connectivity index (χ1) is 17.9. The van der Waals surface area contributed by atoms with E-state index >= 15 is 0 Å². The van der Waals surface area contributed by atoms with Gasteiger partial charge in [0.15, 0.2) is 17.3 Å². The molecule has 0 saturated heterocycles. The Morgan fingerprint density at radius 2 is 1.86 bits per heavy atom. The smallest absolute Gasteiger partial charge is 0.307 e. The number of hydrogen-bond acceptors (Lipinski definition) is 5. The Labute approximate surface area is 243 Å². The van der Waals surface area contributed by atoms with Gasteiger partial charge >= 0.3 is 5.91 Å². The molecule has 186 valence electrons. The van der Waals surface area contributed by atoms with Crippen LogP contribution in [0, 0.1) is 3.57 Å². The maximum Gasteiger partial charge on any atom is 0.307 e. The molecule has 0 unspecified atom stereocenters. The Balaban J connectivity index is 1.30. The molecule has 0 aliphatic carbocycles. The van der Waals surface area contributed by atoms with Crippen LogP contribution in [0.2, 0.25) is 0 Å². The average molecular weight is 734 g/mol. The highest BCUT2D eigenvalue weighted by Gasteiger charge is 2.15. The normalized spacial score (nSPS) is 11.4. The molecule has 0 aliphatic rings. The molecular formula is C28H19Br2IN2O4. The number of benzene rings is 4. The van der Waals surface area contributed by atoms with Crippen molar-refractivity contribution in [2.45, 2.75) is 6.61 Å². The van der Waals surface area contributed by atoms with Crippen molar-refractivity contribution in [2.24, 2.45) is 5.10 Å². The summed E-state index contributed by atoms with van der Waals surface area (Å²) in [7, 11) is 1.58. The van der Waals surface area contributed by atoms with Crippen molar-refractivity contribution >= 4 is 88.3 Å². The van der Waals surface area contributed by atoms with E-state index in [4.69, 9.17) is 13.9 Å². The fourth-order valence-corrected chi connectivity index (χ4v) is 6.17. The maximum atomic E-state index is 12.6. The summed E-state index contributed by atoms with van der Waals surface area (Å²) in [6.07, 6.45) is 1.53. The predicted molar refractivity (Wildman–Crippen MR) is 161 cm³/mol. The van der Waals surface area contributed by atoms with Gasteiger partial charge in [0.25, 0.3) is 0 Å². The topological polar surface area (TPSA) is 73.1 Å². The van der Waals surface area contributed by atoms with Crippen LogP contribution in [-0.4, -0.2) is 19.2 Å². The lowest BCUT2D eigenvalue weighted by molar-refractivity contribution is 0.0929. The third-order valence-corrected chi connectivity index (χ3v) is 7.49. The number of carbonyl (C=O) groups excluding carboxylic acids is 1. The molecule has 1 amide bonds. The van der Waals surface area contributed by atoms with Gasteiger partial charge < -0.3 is 13.9 Å². The first-order valence-electron chi connectivity index (χ1n) is 11.1. The van der Waals surface area contributed by atoms with Crippen LogP contribution in [-0.2, 0) is 6.61 Å². The number of ether oxygens (including phenoxy) is 2. The average Bonchev–Trinajstić information content (AvgIpc) is 3.32. The molecule has 0 bridgehead atoms. The molecule has 1 N–H and O–H groups in total. The van der Waals surface area contributed by atoms with Gasteiger partial charge in [0.05, 0.1) is 21.4 Å². The fraction of sp³-hybridized carbons (Fsp3) is 0.0714. The van der Waals surface area contributed by atoms with Crippen LogP contribution in [0.4, 0.5) is 0 Å². The van der Waals surface area contributed by atoms with Gasteiger partial charge in [-0.2, -0.15) is 5.10 Å². The van der Waals surface area contributed by atoms with Crippen LogP contribution in [0.3, 0.4) is 0 Å². The molecule has 0 radical (unpaired) electrons. The van der Waals surface area contributed by atoms with E-state index in [0.29, 0.717) is 33.7 Å². The molecule has 6 nitrogen and oxygen atoms in total. The number of nitrogens with zero attached hydrogens (tertiary/aromatic N) is 1. The Morgan fingerprint density at radius 3 is 2.70 bits per heavy atom. The van der Waals surface area contributed by atoms with Crippen molar-refractivity contribution in [3.05, 3.63) is 102 Å². The summed E-state index contributed by atoms with van der Waals surface area (Å²) in [6, 6.07) is 23.5. The Kier molecular flexibility index (Phi) is 7.82. The molecule has 0 spiro atoms. The van der Waals surface area contributed by atoms with Gasteiger partial charge in [-0.05, 0) is 90.8 Å². The standard InChI is InChI=1S/C28H19Br2IN2O4/c1-35-24-10-16(14-32-33-28(34)25-12-19-11-20(29)13-23(31)26(19)37-25)9-22(30)27(24)36-15-18-7-4-6-17-5-2-3-8-21(17)18/h2-14H,15H2,1H3,(H,33,34)/b32-14+. The number of amides is 1. The van der Waals surface area contributed by atoms with Crippen LogP contribution >= 0.6 is 54.5 Å². The zero-order chi connectivity index (χ0) is 25.9. The predicted octanol–water partition coefficient (Wildman–Crippen LogP) is 8.07. The minimum Gasteiger partial charge on any atom is -0.493 e. The number of rotatable bonds is 7. The highest BCUT2D eigenvalue weighted by molar-refractivity contribution is 14.1. The van der Waals surface area contributed by atoms with E-state index in [-0.39, 0.29) is 5.76 Å². The first-order valence-corrected chi connectivity index (χ1v) is 13.8. The summed E-state index contributed by atoms with van der Waals surface area (Å²) < 4.78 is 20.0. The molecule has 4 aromatic carbocycles. The van der Waals surface area contributed by atoms with E-state index in [2.05, 4.69) is 83.2 Å². The molecular weight excluding hydrogens is 715 g/mol. The molecule has 0 atom stereocenters. The molecule has 9 heteroatoms. The van der Waals surface area contributed by atoms with Gasteiger partial charge in [-0.3, -0.25) is 4.79 Å². The molecule has 0 saturated carbocycles. The van der Waals surface area contributed by atoms with E-state index in [1.165, 1.54) is 6.21 Å². The van der Waals surface area contributed by atoms with Crippen molar-refractivity contribution in [3.8, 4) is 11.5 Å². The van der Waals surface area contributed by atoms with Crippen LogP contribution in [0.1, 0.15) is 21.7 Å². The van der Waals surface area contributed by atoms with E-state index < -0.39 is 5.91 Å². The second-order valence-corrected chi connectivity index (χ2v) is 11.0. The number of carbonyl (C=O) groups is 1.